The highest BCUT2D eigenvalue weighted by Crippen LogP contribution is 2.40. The first-order chi connectivity index (χ1) is 9.87. The lowest BCUT2D eigenvalue weighted by atomic mass is 9.75. The third-order valence-corrected chi connectivity index (χ3v) is 4.60. The molecule has 2 aromatic carbocycles. The lowest BCUT2D eigenvalue weighted by Gasteiger charge is -2.35. The highest BCUT2D eigenvalue weighted by molar-refractivity contribution is 6.42. The van der Waals surface area contributed by atoms with Gasteiger partial charge in [0.05, 0.1) is 16.1 Å². The van der Waals surface area contributed by atoms with Crippen LogP contribution in [0.15, 0.2) is 42.5 Å². The van der Waals surface area contributed by atoms with Crippen LogP contribution in [0.25, 0.3) is 0 Å². The molecule has 21 heavy (non-hydrogen) atoms. The fraction of sp³-hybridized carbons (Fsp3) is 0.250. The number of nitrogens with two attached hydrogens (primary N) is 1. The number of hydrogen-bond acceptors (Lipinski definition) is 2. The van der Waals surface area contributed by atoms with Crippen molar-refractivity contribution in [2.45, 2.75) is 25.3 Å². The van der Waals surface area contributed by atoms with Crippen molar-refractivity contribution in [1.82, 2.24) is 5.43 Å². The quantitative estimate of drug-likeness (QED) is 0.635. The molecule has 0 bridgehead atoms. The van der Waals surface area contributed by atoms with E-state index in [0.717, 1.165) is 11.1 Å². The molecule has 0 spiro atoms. The standard InChI is InChI=1S/C16H17Cl2FN2/c1-16(2,10-6-8-11(19)9-7-10)15(21-20)12-4-3-5-13(17)14(12)18/h3-9,15,21H,20H2,1-2H3. The fourth-order valence-corrected chi connectivity index (χ4v) is 2.89. The maximum atomic E-state index is 13.1. The molecule has 2 rings (SSSR count). The first kappa shape index (κ1) is 16.2. The zero-order valence-electron chi connectivity index (χ0n) is 11.8. The fourth-order valence-electron chi connectivity index (χ4n) is 2.48. The first-order valence-electron chi connectivity index (χ1n) is 6.54. The first-order valence-corrected chi connectivity index (χ1v) is 7.29. The van der Waals surface area contributed by atoms with Crippen LogP contribution in [-0.4, -0.2) is 0 Å². The Balaban J connectivity index is 2.48. The van der Waals surface area contributed by atoms with Gasteiger partial charge in [-0.3, -0.25) is 11.3 Å². The van der Waals surface area contributed by atoms with Gasteiger partial charge in [0, 0.05) is 5.41 Å². The minimum Gasteiger partial charge on any atom is -0.271 e. The van der Waals surface area contributed by atoms with Crippen LogP contribution < -0.4 is 11.3 Å². The summed E-state index contributed by atoms with van der Waals surface area (Å²) in [7, 11) is 0. The van der Waals surface area contributed by atoms with Crippen molar-refractivity contribution in [3.05, 3.63) is 69.5 Å². The highest BCUT2D eigenvalue weighted by Gasteiger charge is 2.33. The maximum Gasteiger partial charge on any atom is 0.123 e. The summed E-state index contributed by atoms with van der Waals surface area (Å²) in [6, 6.07) is 11.5. The minimum atomic E-state index is -0.406. The van der Waals surface area contributed by atoms with Crippen molar-refractivity contribution in [3.8, 4) is 0 Å². The third kappa shape index (κ3) is 3.22. The topological polar surface area (TPSA) is 38.0 Å². The second kappa shape index (κ2) is 6.32. The Hall–Kier alpha value is -1.13. The Bertz CT molecular complexity index is 627. The largest absolute Gasteiger partial charge is 0.271 e. The summed E-state index contributed by atoms with van der Waals surface area (Å²) < 4.78 is 13.1. The van der Waals surface area contributed by atoms with Gasteiger partial charge >= 0.3 is 0 Å². The lowest BCUT2D eigenvalue weighted by molar-refractivity contribution is 0.352. The van der Waals surface area contributed by atoms with Gasteiger partial charge in [-0.1, -0.05) is 61.3 Å². The van der Waals surface area contributed by atoms with Crippen LogP contribution in [0, 0.1) is 5.82 Å². The van der Waals surface area contributed by atoms with E-state index in [1.54, 1.807) is 18.2 Å². The van der Waals surface area contributed by atoms with E-state index in [1.165, 1.54) is 12.1 Å². The van der Waals surface area contributed by atoms with Crippen molar-refractivity contribution >= 4 is 23.2 Å². The second-order valence-corrected chi connectivity index (χ2v) is 6.26. The molecule has 0 saturated heterocycles. The molecule has 5 heteroatoms. The molecule has 0 aliphatic heterocycles. The number of benzene rings is 2. The molecule has 0 aliphatic rings. The molecule has 0 heterocycles. The van der Waals surface area contributed by atoms with Crippen LogP contribution in [0.5, 0.6) is 0 Å². The van der Waals surface area contributed by atoms with E-state index in [1.807, 2.05) is 26.0 Å². The average Bonchev–Trinajstić information content (AvgIpc) is 2.44. The lowest BCUT2D eigenvalue weighted by Crippen LogP contribution is -2.41. The molecule has 0 aromatic heterocycles. The van der Waals surface area contributed by atoms with Crippen molar-refractivity contribution in [3.63, 3.8) is 0 Å². The summed E-state index contributed by atoms with van der Waals surface area (Å²) in [5.41, 5.74) is 4.15. The minimum absolute atomic E-state index is 0.269. The summed E-state index contributed by atoms with van der Waals surface area (Å²) in [6.07, 6.45) is 0. The predicted molar refractivity (Wildman–Crippen MR) is 86.0 cm³/mol. The van der Waals surface area contributed by atoms with E-state index in [2.05, 4.69) is 5.43 Å². The molecule has 0 saturated carbocycles. The molecule has 0 radical (unpaired) electrons. The molecule has 3 N–H and O–H groups in total. The van der Waals surface area contributed by atoms with Crippen molar-refractivity contribution in [1.29, 1.82) is 0 Å². The molecule has 1 atom stereocenters. The Kier molecular flexibility index (Phi) is 4.89. The van der Waals surface area contributed by atoms with Crippen LogP contribution >= 0.6 is 23.2 Å². The molecule has 112 valence electrons. The van der Waals surface area contributed by atoms with E-state index < -0.39 is 5.41 Å². The van der Waals surface area contributed by atoms with Crippen LogP contribution in [0.4, 0.5) is 4.39 Å². The third-order valence-electron chi connectivity index (χ3n) is 3.77. The normalized spacial score (nSPS) is 13.2. The molecule has 0 aliphatic carbocycles. The number of hydrazine groups is 1. The molecular weight excluding hydrogens is 310 g/mol. The van der Waals surface area contributed by atoms with Gasteiger partial charge in [-0.25, -0.2) is 4.39 Å². The summed E-state index contributed by atoms with van der Waals surface area (Å²) in [6.45, 7) is 4.03. The number of nitrogens with one attached hydrogen (secondary N) is 1. The maximum absolute atomic E-state index is 13.1. The van der Waals surface area contributed by atoms with Gasteiger partial charge in [0.2, 0.25) is 0 Å². The SMILES string of the molecule is CC(C)(c1ccc(F)cc1)C(NN)c1cccc(Cl)c1Cl. The van der Waals surface area contributed by atoms with Crippen molar-refractivity contribution in [2.75, 3.05) is 0 Å². The van der Waals surface area contributed by atoms with E-state index in [9.17, 15) is 4.39 Å². The van der Waals surface area contributed by atoms with Crippen LogP contribution in [0.2, 0.25) is 10.0 Å². The Morgan fingerprint density at radius 3 is 2.29 bits per heavy atom. The predicted octanol–water partition coefficient (Wildman–Crippen LogP) is 4.61. The molecule has 1 unspecified atom stereocenters. The molecule has 0 amide bonds. The number of rotatable bonds is 4. The average molecular weight is 327 g/mol. The smallest absolute Gasteiger partial charge is 0.123 e. The summed E-state index contributed by atoms with van der Waals surface area (Å²) >= 11 is 12.4. The Morgan fingerprint density at radius 1 is 1.10 bits per heavy atom. The van der Waals surface area contributed by atoms with Gasteiger partial charge in [0.25, 0.3) is 0 Å². The summed E-state index contributed by atoms with van der Waals surface area (Å²) in [4.78, 5) is 0. The van der Waals surface area contributed by atoms with E-state index in [0.29, 0.717) is 10.0 Å². The van der Waals surface area contributed by atoms with Gasteiger partial charge in [-0.05, 0) is 29.3 Å². The molecule has 2 nitrogen and oxygen atoms in total. The Morgan fingerprint density at radius 2 is 1.71 bits per heavy atom. The van der Waals surface area contributed by atoms with Gasteiger partial charge in [-0.2, -0.15) is 0 Å². The monoisotopic (exact) mass is 326 g/mol. The zero-order chi connectivity index (χ0) is 15.6. The zero-order valence-corrected chi connectivity index (χ0v) is 13.3. The second-order valence-electron chi connectivity index (χ2n) is 5.47. The molecular formula is C16H17Cl2FN2. The van der Waals surface area contributed by atoms with Gasteiger partial charge in [0.1, 0.15) is 5.82 Å². The van der Waals surface area contributed by atoms with Crippen LogP contribution in [0.3, 0.4) is 0 Å². The van der Waals surface area contributed by atoms with Gasteiger partial charge in [-0.15, -0.1) is 0 Å². The number of hydrogen-bond donors (Lipinski definition) is 2. The van der Waals surface area contributed by atoms with Gasteiger partial charge in [0.15, 0.2) is 0 Å². The van der Waals surface area contributed by atoms with Crippen molar-refractivity contribution < 1.29 is 4.39 Å². The van der Waals surface area contributed by atoms with Gasteiger partial charge < -0.3 is 0 Å². The summed E-state index contributed by atoms with van der Waals surface area (Å²) in [5, 5.41) is 0.946. The van der Waals surface area contributed by atoms with Crippen molar-refractivity contribution in [2.24, 2.45) is 5.84 Å². The van der Waals surface area contributed by atoms with E-state index >= 15 is 0 Å². The Labute approximate surface area is 134 Å². The van der Waals surface area contributed by atoms with E-state index in [-0.39, 0.29) is 11.9 Å². The van der Waals surface area contributed by atoms with Crippen LogP contribution in [0.1, 0.15) is 31.0 Å². The van der Waals surface area contributed by atoms with Crippen LogP contribution in [-0.2, 0) is 5.41 Å². The molecule has 2 aromatic rings. The number of halogens is 3. The van der Waals surface area contributed by atoms with E-state index in [4.69, 9.17) is 29.0 Å². The molecule has 0 fully saturated rings. The highest BCUT2D eigenvalue weighted by atomic mass is 35.5. The summed E-state index contributed by atoms with van der Waals surface area (Å²) in [5.74, 6) is 5.48.